The van der Waals surface area contributed by atoms with Crippen LogP contribution in [0.25, 0.3) is 16.9 Å². The molecular formula is C20H23N4O3+. The Labute approximate surface area is 158 Å². The van der Waals surface area contributed by atoms with Gasteiger partial charge in [0.25, 0.3) is 5.91 Å². The van der Waals surface area contributed by atoms with Crippen LogP contribution in [0.5, 0.6) is 5.75 Å². The van der Waals surface area contributed by atoms with E-state index < -0.39 is 6.09 Å². The smallest absolute Gasteiger partial charge is 0.410 e. The number of nitrogens with zero attached hydrogens (tertiary/aromatic N) is 4. The molecule has 3 rings (SSSR count). The second kappa shape index (κ2) is 7.11. The topological polar surface area (TPSA) is 58.9 Å². The number of anilines is 1. The second-order valence-electron chi connectivity index (χ2n) is 6.55. The van der Waals surface area contributed by atoms with E-state index in [9.17, 15) is 9.59 Å². The highest BCUT2D eigenvalue weighted by Crippen LogP contribution is 2.24. The number of aromatic nitrogens is 2. The molecule has 27 heavy (non-hydrogen) atoms. The van der Waals surface area contributed by atoms with E-state index in [0.29, 0.717) is 5.75 Å². The molecule has 0 aliphatic rings. The summed E-state index contributed by atoms with van der Waals surface area (Å²) in [6, 6.07) is 13.2. The molecule has 0 fully saturated rings. The lowest BCUT2D eigenvalue weighted by Gasteiger charge is -2.10. The zero-order valence-electron chi connectivity index (χ0n) is 16.1. The number of carbonyl (C=O) groups is 2. The van der Waals surface area contributed by atoms with Crippen LogP contribution >= 0.6 is 0 Å². The first-order chi connectivity index (χ1) is 12.8. The van der Waals surface area contributed by atoms with Gasteiger partial charge < -0.3 is 9.64 Å². The van der Waals surface area contributed by atoms with Crippen molar-refractivity contribution >= 4 is 23.5 Å². The van der Waals surface area contributed by atoms with Gasteiger partial charge in [0.1, 0.15) is 17.6 Å². The number of hydrogen-bond donors (Lipinski definition) is 0. The van der Waals surface area contributed by atoms with Crippen molar-refractivity contribution in [2.24, 2.45) is 7.05 Å². The molecule has 0 saturated carbocycles. The Hall–Kier alpha value is -3.35. The van der Waals surface area contributed by atoms with Crippen LogP contribution in [-0.2, 0) is 11.8 Å². The van der Waals surface area contributed by atoms with Gasteiger partial charge in [-0.25, -0.2) is 14.1 Å². The number of aryl methyl sites for hydroxylation is 1. The van der Waals surface area contributed by atoms with E-state index in [-0.39, 0.29) is 5.91 Å². The number of ether oxygens (including phenoxy) is 1. The molecule has 0 saturated heterocycles. The molecule has 0 aliphatic carbocycles. The van der Waals surface area contributed by atoms with Gasteiger partial charge in [0, 0.05) is 38.7 Å². The summed E-state index contributed by atoms with van der Waals surface area (Å²) < 4.78 is 9.30. The van der Waals surface area contributed by atoms with Crippen LogP contribution in [0.3, 0.4) is 0 Å². The van der Waals surface area contributed by atoms with Gasteiger partial charge in [-0.3, -0.25) is 9.36 Å². The first kappa shape index (κ1) is 18.4. The van der Waals surface area contributed by atoms with E-state index in [1.165, 1.54) is 11.8 Å². The molecule has 7 heteroatoms. The van der Waals surface area contributed by atoms with Gasteiger partial charge in [-0.2, -0.15) is 0 Å². The average molecular weight is 367 g/mol. The summed E-state index contributed by atoms with van der Waals surface area (Å²) >= 11 is 0. The molecule has 0 aliphatic heterocycles. The quantitative estimate of drug-likeness (QED) is 0.668. The van der Waals surface area contributed by atoms with Crippen LogP contribution in [0, 0.1) is 0 Å². The van der Waals surface area contributed by atoms with Crippen molar-refractivity contribution in [2.45, 2.75) is 6.92 Å². The SMILES string of the molecule is CC(=O)N(C)c1cccc2n(C)c(-c3ccc(OC(=O)N(C)C)cc3)c[n+]12. The lowest BCUT2D eigenvalue weighted by atomic mass is 10.1. The molecule has 1 aromatic carbocycles. The molecule has 2 amide bonds. The molecule has 0 atom stereocenters. The van der Waals surface area contributed by atoms with E-state index in [0.717, 1.165) is 22.7 Å². The van der Waals surface area contributed by atoms with Gasteiger partial charge in [-0.1, -0.05) is 0 Å². The Morgan fingerprint density at radius 1 is 1.04 bits per heavy atom. The van der Waals surface area contributed by atoms with E-state index in [1.807, 2.05) is 48.0 Å². The monoisotopic (exact) mass is 367 g/mol. The van der Waals surface area contributed by atoms with Gasteiger partial charge in [-0.05, 0) is 30.3 Å². The number of amides is 2. The van der Waals surface area contributed by atoms with Crippen LogP contribution in [-0.4, -0.2) is 42.6 Å². The Bertz CT molecular complexity index is 1010. The normalized spacial score (nSPS) is 10.7. The van der Waals surface area contributed by atoms with Crippen LogP contribution in [0.15, 0.2) is 48.7 Å². The molecule has 0 unspecified atom stereocenters. The molecule has 7 nitrogen and oxygen atoms in total. The number of carbonyl (C=O) groups excluding carboxylic acids is 2. The van der Waals surface area contributed by atoms with Crippen LogP contribution < -0.4 is 14.0 Å². The molecule has 3 aromatic rings. The van der Waals surface area contributed by atoms with Crippen molar-refractivity contribution in [1.82, 2.24) is 9.47 Å². The van der Waals surface area contributed by atoms with Gasteiger partial charge in [0.2, 0.25) is 11.5 Å². The van der Waals surface area contributed by atoms with Gasteiger partial charge in [0.05, 0.1) is 14.1 Å². The predicted molar refractivity (Wildman–Crippen MR) is 103 cm³/mol. The minimum absolute atomic E-state index is 0.0348. The number of hydrogen-bond acceptors (Lipinski definition) is 3. The standard InChI is InChI=1S/C20H23N4O3/c1-14(25)22(4)18-7-6-8-19-23(5)17(13-24(18)19)15-9-11-16(12-10-15)27-20(26)21(2)3/h6-13H,1-5H3/q+1. The second-order valence-corrected chi connectivity index (χ2v) is 6.55. The maximum atomic E-state index is 11.8. The zero-order valence-corrected chi connectivity index (χ0v) is 16.1. The van der Waals surface area contributed by atoms with Gasteiger partial charge in [-0.15, -0.1) is 0 Å². The van der Waals surface area contributed by atoms with E-state index in [2.05, 4.69) is 4.57 Å². The van der Waals surface area contributed by atoms with Crippen molar-refractivity contribution < 1.29 is 18.7 Å². The lowest BCUT2D eigenvalue weighted by Crippen LogP contribution is -2.34. The van der Waals surface area contributed by atoms with Crippen LogP contribution in [0.2, 0.25) is 0 Å². The summed E-state index contributed by atoms with van der Waals surface area (Å²) in [7, 11) is 7.01. The number of imidazole rings is 1. The Kier molecular flexibility index (Phi) is 4.85. The first-order valence-corrected chi connectivity index (χ1v) is 8.53. The summed E-state index contributed by atoms with van der Waals surface area (Å²) in [5.41, 5.74) is 2.91. The summed E-state index contributed by atoms with van der Waals surface area (Å²) in [6.45, 7) is 1.54. The third-order valence-electron chi connectivity index (χ3n) is 4.48. The van der Waals surface area contributed by atoms with Crippen molar-refractivity contribution in [3.05, 3.63) is 48.7 Å². The number of pyridine rings is 1. The summed E-state index contributed by atoms with van der Waals surface area (Å²) in [4.78, 5) is 26.4. The largest absolute Gasteiger partial charge is 0.414 e. The summed E-state index contributed by atoms with van der Waals surface area (Å²) in [6.07, 6.45) is 1.57. The van der Waals surface area contributed by atoms with Crippen molar-refractivity contribution in [1.29, 1.82) is 0 Å². The zero-order chi connectivity index (χ0) is 19.7. The van der Waals surface area contributed by atoms with Crippen molar-refractivity contribution in [2.75, 3.05) is 26.0 Å². The number of rotatable bonds is 3. The van der Waals surface area contributed by atoms with Crippen molar-refractivity contribution in [3.8, 4) is 17.0 Å². The number of benzene rings is 1. The van der Waals surface area contributed by atoms with Crippen LogP contribution in [0.4, 0.5) is 10.6 Å². The highest BCUT2D eigenvalue weighted by Gasteiger charge is 2.21. The number of fused-ring (bicyclic) bond motifs is 1. The molecule has 2 heterocycles. The van der Waals surface area contributed by atoms with Crippen molar-refractivity contribution in [3.63, 3.8) is 0 Å². The maximum Gasteiger partial charge on any atom is 0.414 e. The van der Waals surface area contributed by atoms with E-state index >= 15 is 0 Å². The molecule has 0 radical (unpaired) electrons. The molecule has 0 bridgehead atoms. The predicted octanol–water partition coefficient (Wildman–Crippen LogP) is 2.47. The summed E-state index contributed by atoms with van der Waals surface area (Å²) in [5.74, 6) is 1.24. The molecule has 0 N–H and O–H groups in total. The van der Waals surface area contributed by atoms with E-state index in [4.69, 9.17) is 4.74 Å². The Morgan fingerprint density at radius 2 is 1.70 bits per heavy atom. The fraction of sp³-hybridized carbons (Fsp3) is 0.250. The Morgan fingerprint density at radius 3 is 2.30 bits per heavy atom. The Balaban J connectivity index is 2.00. The molecule has 140 valence electrons. The molecular weight excluding hydrogens is 344 g/mol. The fourth-order valence-corrected chi connectivity index (χ4v) is 2.82. The average Bonchev–Trinajstić information content (AvgIpc) is 2.98. The highest BCUT2D eigenvalue weighted by atomic mass is 16.6. The minimum Gasteiger partial charge on any atom is -0.410 e. The van der Waals surface area contributed by atoms with Gasteiger partial charge in [0.15, 0.2) is 0 Å². The van der Waals surface area contributed by atoms with E-state index in [1.54, 1.807) is 38.2 Å². The maximum absolute atomic E-state index is 11.8. The highest BCUT2D eigenvalue weighted by molar-refractivity contribution is 5.89. The minimum atomic E-state index is -0.417. The molecule has 0 spiro atoms. The fourth-order valence-electron chi connectivity index (χ4n) is 2.82. The van der Waals surface area contributed by atoms with Gasteiger partial charge >= 0.3 is 6.09 Å². The first-order valence-electron chi connectivity index (χ1n) is 8.53. The summed E-state index contributed by atoms with van der Waals surface area (Å²) in [5, 5.41) is 0. The third kappa shape index (κ3) is 3.48. The lowest BCUT2D eigenvalue weighted by molar-refractivity contribution is -0.496. The third-order valence-corrected chi connectivity index (χ3v) is 4.48. The molecule has 2 aromatic heterocycles. The van der Waals surface area contributed by atoms with Crippen LogP contribution in [0.1, 0.15) is 6.92 Å².